The van der Waals surface area contributed by atoms with Crippen molar-refractivity contribution in [1.82, 2.24) is 9.88 Å². The van der Waals surface area contributed by atoms with Crippen LogP contribution in [0.5, 0.6) is 0 Å². The van der Waals surface area contributed by atoms with Gasteiger partial charge in [0.2, 0.25) is 0 Å². The number of halogens is 1. The second-order valence-corrected chi connectivity index (χ2v) is 5.63. The molecular formula is C13H19ClN4O2. The number of hydrogen-bond donors (Lipinski definition) is 1. The molecule has 0 unspecified atom stereocenters. The summed E-state index contributed by atoms with van der Waals surface area (Å²) < 4.78 is 0. The molecule has 0 spiro atoms. The quantitative estimate of drug-likeness (QED) is 0.514. The van der Waals surface area contributed by atoms with Crippen LogP contribution in [0, 0.1) is 16.0 Å². The number of nitrogens with one attached hydrogen (secondary N) is 1. The Hall–Kier alpha value is -1.40. The molecule has 1 fully saturated rings. The predicted octanol–water partition coefficient (Wildman–Crippen LogP) is 2.79. The van der Waals surface area contributed by atoms with Gasteiger partial charge < -0.3 is 10.2 Å². The summed E-state index contributed by atoms with van der Waals surface area (Å²) in [6.07, 6.45) is 2.47. The Kier molecular flexibility index (Phi) is 5.14. The second kappa shape index (κ2) is 6.85. The van der Waals surface area contributed by atoms with Gasteiger partial charge >= 0.3 is 0 Å². The number of hydrogen-bond acceptors (Lipinski definition) is 5. The Balaban J connectivity index is 1.83. The SMILES string of the molecule is CC1CCN(CCNc2cc([N+](=O)[O-])cc(Cl)n2)CC1. The van der Waals surface area contributed by atoms with Gasteiger partial charge in [-0.2, -0.15) is 0 Å². The largest absolute Gasteiger partial charge is 0.369 e. The molecule has 1 aromatic heterocycles. The molecule has 0 atom stereocenters. The van der Waals surface area contributed by atoms with Crippen LogP contribution in [-0.4, -0.2) is 41.0 Å². The zero-order valence-corrected chi connectivity index (χ0v) is 12.3. The molecule has 7 heteroatoms. The highest BCUT2D eigenvalue weighted by molar-refractivity contribution is 6.29. The molecule has 6 nitrogen and oxygen atoms in total. The van der Waals surface area contributed by atoms with Crippen molar-refractivity contribution in [2.24, 2.45) is 5.92 Å². The summed E-state index contributed by atoms with van der Waals surface area (Å²) in [4.78, 5) is 16.7. The summed E-state index contributed by atoms with van der Waals surface area (Å²) in [6, 6.07) is 2.66. The van der Waals surface area contributed by atoms with E-state index in [9.17, 15) is 10.1 Å². The molecule has 0 saturated carbocycles. The molecule has 2 heterocycles. The Morgan fingerprint density at radius 1 is 1.50 bits per heavy atom. The fourth-order valence-corrected chi connectivity index (χ4v) is 2.51. The highest BCUT2D eigenvalue weighted by atomic mass is 35.5. The predicted molar refractivity (Wildman–Crippen MR) is 79.2 cm³/mol. The Bertz CT molecular complexity index is 475. The molecule has 0 amide bonds. The number of nitrogens with zero attached hydrogens (tertiary/aromatic N) is 3. The minimum absolute atomic E-state index is 0.0423. The first kappa shape index (κ1) is 15.0. The first-order valence-electron chi connectivity index (χ1n) is 6.83. The summed E-state index contributed by atoms with van der Waals surface area (Å²) in [7, 11) is 0. The van der Waals surface area contributed by atoms with Gasteiger partial charge in [0, 0.05) is 13.1 Å². The van der Waals surface area contributed by atoms with Gasteiger partial charge in [-0.25, -0.2) is 4.98 Å². The van der Waals surface area contributed by atoms with Crippen molar-refractivity contribution in [1.29, 1.82) is 0 Å². The van der Waals surface area contributed by atoms with E-state index in [0.717, 1.165) is 25.6 Å². The first-order chi connectivity index (χ1) is 9.54. The Morgan fingerprint density at radius 3 is 2.85 bits per heavy atom. The van der Waals surface area contributed by atoms with E-state index >= 15 is 0 Å². The molecule has 1 aliphatic rings. The molecular weight excluding hydrogens is 280 g/mol. The van der Waals surface area contributed by atoms with Crippen LogP contribution in [-0.2, 0) is 0 Å². The van der Waals surface area contributed by atoms with E-state index < -0.39 is 4.92 Å². The van der Waals surface area contributed by atoms with Crippen molar-refractivity contribution in [2.45, 2.75) is 19.8 Å². The maximum absolute atomic E-state index is 10.7. The second-order valence-electron chi connectivity index (χ2n) is 5.24. The molecule has 0 radical (unpaired) electrons. The lowest BCUT2D eigenvalue weighted by atomic mass is 9.99. The number of rotatable bonds is 5. The van der Waals surface area contributed by atoms with Crippen LogP contribution < -0.4 is 5.32 Å². The topological polar surface area (TPSA) is 71.3 Å². The van der Waals surface area contributed by atoms with E-state index in [0.29, 0.717) is 12.4 Å². The van der Waals surface area contributed by atoms with Gasteiger partial charge in [-0.15, -0.1) is 0 Å². The van der Waals surface area contributed by atoms with Crippen molar-refractivity contribution < 1.29 is 4.92 Å². The van der Waals surface area contributed by atoms with Gasteiger partial charge in [-0.1, -0.05) is 18.5 Å². The maximum atomic E-state index is 10.7. The van der Waals surface area contributed by atoms with E-state index in [1.807, 2.05) is 0 Å². The number of anilines is 1. The summed E-state index contributed by atoms with van der Waals surface area (Å²) in [5.74, 6) is 1.27. The fraction of sp³-hybridized carbons (Fsp3) is 0.615. The number of pyridine rings is 1. The van der Waals surface area contributed by atoms with Crippen molar-refractivity contribution in [3.8, 4) is 0 Å². The summed E-state index contributed by atoms with van der Waals surface area (Å²) >= 11 is 5.77. The van der Waals surface area contributed by atoms with E-state index in [4.69, 9.17) is 11.6 Å². The van der Waals surface area contributed by atoms with E-state index in [1.165, 1.54) is 25.0 Å². The van der Waals surface area contributed by atoms with Gasteiger partial charge in [0.15, 0.2) is 0 Å². The molecule has 1 aromatic rings. The van der Waals surface area contributed by atoms with Crippen molar-refractivity contribution in [2.75, 3.05) is 31.5 Å². The monoisotopic (exact) mass is 298 g/mol. The first-order valence-corrected chi connectivity index (χ1v) is 7.20. The van der Waals surface area contributed by atoms with Crippen LogP contribution in [0.4, 0.5) is 11.5 Å². The third-order valence-electron chi connectivity index (χ3n) is 3.60. The van der Waals surface area contributed by atoms with E-state index in [1.54, 1.807) is 0 Å². The van der Waals surface area contributed by atoms with E-state index in [-0.39, 0.29) is 10.8 Å². The molecule has 1 N–H and O–H groups in total. The minimum atomic E-state index is -0.467. The molecule has 1 aliphatic heterocycles. The Labute approximate surface area is 123 Å². The zero-order chi connectivity index (χ0) is 14.5. The van der Waals surface area contributed by atoms with Crippen LogP contribution >= 0.6 is 11.6 Å². The standard InChI is InChI=1S/C13H19ClN4O2/c1-10-2-5-17(6-3-10)7-4-15-13-9-11(18(19)20)8-12(14)16-13/h8-10H,2-7H2,1H3,(H,15,16). The lowest BCUT2D eigenvalue weighted by molar-refractivity contribution is -0.384. The van der Waals surface area contributed by atoms with Gasteiger partial charge in [-0.05, 0) is 31.8 Å². The van der Waals surface area contributed by atoms with Crippen molar-refractivity contribution >= 4 is 23.1 Å². The van der Waals surface area contributed by atoms with Gasteiger partial charge in [-0.3, -0.25) is 10.1 Å². The Morgan fingerprint density at radius 2 is 2.20 bits per heavy atom. The minimum Gasteiger partial charge on any atom is -0.369 e. The third kappa shape index (κ3) is 4.31. The fourth-order valence-electron chi connectivity index (χ4n) is 2.31. The maximum Gasteiger partial charge on any atom is 0.276 e. The summed E-state index contributed by atoms with van der Waals surface area (Å²) in [6.45, 7) is 6.14. The number of piperidine rings is 1. The van der Waals surface area contributed by atoms with Gasteiger partial charge in [0.1, 0.15) is 11.0 Å². The van der Waals surface area contributed by atoms with Gasteiger partial charge in [0.05, 0.1) is 17.1 Å². The third-order valence-corrected chi connectivity index (χ3v) is 3.79. The highest BCUT2D eigenvalue weighted by Gasteiger charge is 2.15. The van der Waals surface area contributed by atoms with Crippen molar-refractivity contribution in [3.63, 3.8) is 0 Å². The molecule has 0 aromatic carbocycles. The summed E-state index contributed by atoms with van der Waals surface area (Å²) in [5, 5.41) is 14.0. The molecule has 20 heavy (non-hydrogen) atoms. The van der Waals surface area contributed by atoms with Crippen LogP contribution in [0.2, 0.25) is 5.15 Å². The normalized spacial score (nSPS) is 17.1. The average molecular weight is 299 g/mol. The lowest BCUT2D eigenvalue weighted by Crippen LogP contribution is -2.36. The van der Waals surface area contributed by atoms with E-state index in [2.05, 4.69) is 22.1 Å². The van der Waals surface area contributed by atoms with Crippen molar-refractivity contribution in [3.05, 3.63) is 27.4 Å². The average Bonchev–Trinajstić information content (AvgIpc) is 2.40. The number of likely N-dealkylation sites (tertiary alicyclic amines) is 1. The smallest absolute Gasteiger partial charge is 0.276 e. The lowest BCUT2D eigenvalue weighted by Gasteiger charge is -2.30. The number of nitro groups is 1. The van der Waals surface area contributed by atoms with Crippen LogP contribution in [0.1, 0.15) is 19.8 Å². The van der Waals surface area contributed by atoms with Gasteiger partial charge in [0.25, 0.3) is 5.69 Å². The van der Waals surface area contributed by atoms with Crippen LogP contribution in [0.3, 0.4) is 0 Å². The molecule has 1 saturated heterocycles. The summed E-state index contributed by atoms with van der Waals surface area (Å²) in [5.41, 5.74) is -0.0423. The zero-order valence-electron chi connectivity index (χ0n) is 11.5. The molecule has 110 valence electrons. The molecule has 2 rings (SSSR count). The van der Waals surface area contributed by atoms with Crippen LogP contribution in [0.15, 0.2) is 12.1 Å². The highest BCUT2D eigenvalue weighted by Crippen LogP contribution is 2.20. The van der Waals surface area contributed by atoms with Crippen LogP contribution in [0.25, 0.3) is 0 Å². The number of aromatic nitrogens is 1. The molecule has 0 aliphatic carbocycles. The molecule has 0 bridgehead atoms.